The van der Waals surface area contributed by atoms with Gasteiger partial charge in [0, 0.05) is 48.2 Å². The Morgan fingerprint density at radius 2 is 1.84 bits per heavy atom. The van der Waals surface area contributed by atoms with Crippen LogP contribution in [-0.2, 0) is 13.6 Å². The number of fused-ring (bicyclic) bond motifs is 1. The smallest absolute Gasteiger partial charge is 0.163 e. The Balaban J connectivity index is 1.94. The van der Waals surface area contributed by atoms with Crippen LogP contribution in [0.15, 0.2) is 30.6 Å². The molecular weight excluding hydrogens is 316 g/mol. The summed E-state index contributed by atoms with van der Waals surface area (Å²) < 4.78 is 13.3. The van der Waals surface area contributed by atoms with E-state index >= 15 is 0 Å². The number of pyridine rings is 1. The van der Waals surface area contributed by atoms with Crippen LogP contribution in [-0.4, -0.2) is 28.0 Å². The molecule has 0 bridgehead atoms. The number of ether oxygens (including phenoxy) is 2. The van der Waals surface area contributed by atoms with Gasteiger partial charge in [0.2, 0.25) is 0 Å². The van der Waals surface area contributed by atoms with Gasteiger partial charge in [0.05, 0.1) is 24.9 Å². The van der Waals surface area contributed by atoms with Gasteiger partial charge >= 0.3 is 0 Å². The zero-order valence-corrected chi connectivity index (χ0v) is 15.2. The third-order valence-electron chi connectivity index (χ3n) is 4.21. The number of rotatable bonds is 7. The zero-order chi connectivity index (χ0) is 17.8. The van der Waals surface area contributed by atoms with Crippen molar-refractivity contribution < 1.29 is 9.47 Å². The largest absolute Gasteiger partial charge is 0.490 e. The van der Waals surface area contributed by atoms with Gasteiger partial charge in [-0.25, -0.2) is 0 Å². The Hall–Kier alpha value is -2.76. The number of nitrogens with one attached hydrogen (secondary N) is 1. The van der Waals surface area contributed by atoms with Gasteiger partial charge in [0.1, 0.15) is 0 Å². The lowest BCUT2D eigenvalue weighted by molar-refractivity contribution is 0.288. The quantitative estimate of drug-likeness (QED) is 0.711. The maximum absolute atomic E-state index is 5.74. The topological polar surface area (TPSA) is 61.2 Å². The molecule has 0 saturated carbocycles. The molecule has 0 radical (unpaired) electrons. The van der Waals surface area contributed by atoms with Crippen LogP contribution in [0.2, 0.25) is 0 Å². The molecule has 0 aliphatic carbocycles. The third kappa shape index (κ3) is 3.52. The second kappa shape index (κ2) is 7.42. The van der Waals surface area contributed by atoms with Crippen molar-refractivity contribution in [2.24, 2.45) is 7.05 Å². The molecule has 0 aliphatic heterocycles. The zero-order valence-electron chi connectivity index (χ0n) is 15.2. The Labute approximate surface area is 147 Å². The number of anilines is 1. The lowest BCUT2D eigenvalue weighted by atomic mass is 10.1. The van der Waals surface area contributed by atoms with Crippen molar-refractivity contribution in [3.63, 3.8) is 0 Å². The van der Waals surface area contributed by atoms with Gasteiger partial charge in [-0.2, -0.15) is 5.10 Å². The van der Waals surface area contributed by atoms with Gasteiger partial charge in [0.25, 0.3) is 0 Å². The molecule has 0 saturated heterocycles. The highest BCUT2D eigenvalue weighted by Crippen LogP contribution is 2.35. The maximum atomic E-state index is 5.74. The van der Waals surface area contributed by atoms with Gasteiger partial charge in [-0.15, -0.1) is 0 Å². The van der Waals surface area contributed by atoms with Crippen LogP contribution in [0.1, 0.15) is 25.1 Å². The number of hydrogen-bond donors (Lipinski definition) is 1. The number of aromatic nitrogens is 3. The Morgan fingerprint density at radius 3 is 2.48 bits per heavy atom. The number of aryl methyl sites for hydroxylation is 1. The molecule has 3 rings (SSSR count). The van der Waals surface area contributed by atoms with Gasteiger partial charge < -0.3 is 14.8 Å². The molecule has 0 unspecified atom stereocenters. The fourth-order valence-electron chi connectivity index (χ4n) is 2.75. The lowest BCUT2D eigenvalue weighted by Crippen LogP contribution is -2.03. The van der Waals surface area contributed by atoms with Crippen molar-refractivity contribution in [1.29, 1.82) is 0 Å². The van der Waals surface area contributed by atoms with Gasteiger partial charge in [-0.3, -0.25) is 9.67 Å². The minimum Gasteiger partial charge on any atom is -0.490 e. The molecule has 0 atom stereocenters. The molecule has 0 spiro atoms. The fraction of sp³-hybridized carbons (Fsp3) is 0.368. The summed E-state index contributed by atoms with van der Waals surface area (Å²) in [4.78, 5) is 4.47. The van der Waals surface area contributed by atoms with Gasteiger partial charge in [-0.1, -0.05) is 0 Å². The van der Waals surface area contributed by atoms with E-state index in [1.807, 2.05) is 50.0 Å². The van der Waals surface area contributed by atoms with Crippen LogP contribution in [0, 0.1) is 6.92 Å². The summed E-state index contributed by atoms with van der Waals surface area (Å²) in [7, 11) is 1.95. The highest BCUT2D eigenvalue weighted by Gasteiger charge is 2.11. The van der Waals surface area contributed by atoms with Crippen LogP contribution in [0.25, 0.3) is 10.9 Å². The van der Waals surface area contributed by atoms with Crippen molar-refractivity contribution in [3.8, 4) is 11.5 Å². The SMILES string of the molecule is CCOc1cc2nccc(NCc3cnn(C)c3C)c2cc1OCC. The Bertz CT molecular complexity index is 873. The predicted octanol–water partition coefficient (Wildman–Crippen LogP) is 3.69. The Morgan fingerprint density at radius 1 is 1.12 bits per heavy atom. The number of nitrogens with zero attached hydrogens (tertiary/aromatic N) is 3. The first-order valence-electron chi connectivity index (χ1n) is 8.53. The average molecular weight is 340 g/mol. The van der Waals surface area contributed by atoms with Crippen LogP contribution in [0.5, 0.6) is 11.5 Å². The van der Waals surface area contributed by atoms with E-state index in [4.69, 9.17) is 9.47 Å². The molecule has 6 heteroatoms. The second-order valence-electron chi connectivity index (χ2n) is 5.77. The van der Waals surface area contributed by atoms with Gasteiger partial charge in [0.15, 0.2) is 11.5 Å². The maximum Gasteiger partial charge on any atom is 0.163 e. The lowest BCUT2D eigenvalue weighted by Gasteiger charge is -2.14. The predicted molar refractivity (Wildman–Crippen MR) is 99.4 cm³/mol. The molecule has 2 aromatic heterocycles. The molecule has 0 fully saturated rings. The molecular formula is C19H24N4O2. The van der Waals surface area contributed by atoms with Crippen molar-refractivity contribution in [2.75, 3.05) is 18.5 Å². The van der Waals surface area contributed by atoms with E-state index in [9.17, 15) is 0 Å². The van der Waals surface area contributed by atoms with E-state index < -0.39 is 0 Å². The molecule has 132 valence electrons. The van der Waals surface area contributed by atoms with Crippen LogP contribution in [0.4, 0.5) is 5.69 Å². The first-order valence-corrected chi connectivity index (χ1v) is 8.53. The van der Waals surface area contributed by atoms with E-state index in [2.05, 4.69) is 22.3 Å². The van der Waals surface area contributed by atoms with E-state index in [0.29, 0.717) is 19.8 Å². The molecule has 0 aliphatic rings. The van der Waals surface area contributed by atoms with Crippen molar-refractivity contribution >= 4 is 16.6 Å². The van der Waals surface area contributed by atoms with Gasteiger partial charge in [-0.05, 0) is 32.9 Å². The van der Waals surface area contributed by atoms with Crippen LogP contribution >= 0.6 is 0 Å². The molecule has 3 aromatic rings. The average Bonchev–Trinajstić information content (AvgIpc) is 2.93. The Kier molecular flexibility index (Phi) is 5.07. The first-order chi connectivity index (χ1) is 12.1. The van der Waals surface area contributed by atoms with Crippen molar-refractivity contribution in [3.05, 3.63) is 41.9 Å². The van der Waals surface area contributed by atoms with E-state index in [-0.39, 0.29) is 0 Å². The molecule has 1 N–H and O–H groups in total. The summed E-state index contributed by atoms with van der Waals surface area (Å²) in [6.45, 7) is 7.87. The fourth-order valence-corrected chi connectivity index (χ4v) is 2.75. The van der Waals surface area contributed by atoms with Crippen molar-refractivity contribution in [2.45, 2.75) is 27.3 Å². The van der Waals surface area contributed by atoms with E-state index in [1.165, 1.54) is 5.56 Å². The normalized spacial score (nSPS) is 10.9. The monoisotopic (exact) mass is 340 g/mol. The summed E-state index contributed by atoms with van der Waals surface area (Å²) >= 11 is 0. The summed E-state index contributed by atoms with van der Waals surface area (Å²) in [6, 6.07) is 5.91. The van der Waals surface area contributed by atoms with Crippen LogP contribution in [0.3, 0.4) is 0 Å². The minimum atomic E-state index is 0.587. The summed E-state index contributed by atoms with van der Waals surface area (Å²) in [5, 5.41) is 8.79. The standard InChI is InChI=1S/C19H24N4O2/c1-5-24-18-9-15-16(21-11-14-12-22-23(4)13(14)3)7-8-20-17(15)10-19(18)25-6-2/h7-10,12H,5-6,11H2,1-4H3,(H,20,21). The molecule has 2 heterocycles. The molecule has 1 aromatic carbocycles. The van der Waals surface area contributed by atoms with E-state index in [0.717, 1.165) is 33.8 Å². The first kappa shape index (κ1) is 17.1. The van der Waals surface area contributed by atoms with Crippen LogP contribution < -0.4 is 14.8 Å². The molecule has 25 heavy (non-hydrogen) atoms. The second-order valence-corrected chi connectivity index (χ2v) is 5.77. The highest BCUT2D eigenvalue weighted by atomic mass is 16.5. The summed E-state index contributed by atoms with van der Waals surface area (Å²) in [5.41, 5.74) is 4.21. The van der Waals surface area contributed by atoms with Crippen molar-refractivity contribution in [1.82, 2.24) is 14.8 Å². The number of benzene rings is 1. The summed E-state index contributed by atoms with van der Waals surface area (Å²) in [6.07, 6.45) is 3.70. The highest BCUT2D eigenvalue weighted by molar-refractivity contribution is 5.93. The molecule has 6 nitrogen and oxygen atoms in total. The van der Waals surface area contributed by atoms with E-state index in [1.54, 1.807) is 6.20 Å². The summed E-state index contributed by atoms with van der Waals surface area (Å²) in [5.74, 6) is 1.47. The third-order valence-corrected chi connectivity index (χ3v) is 4.21. The molecule has 0 amide bonds. The number of hydrogen-bond acceptors (Lipinski definition) is 5. The minimum absolute atomic E-state index is 0.587.